The summed E-state index contributed by atoms with van der Waals surface area (Å²) in [7, 11) is 0. The molecule has 1 fully saturated rings. The highest BCUT2D eigenvalue weighted by Crippen LogP contribution is 2.28. The summed E-state index contributed by atoms with van der Waals surface area (Å²) in [5.41, 5.74) is 0.608. The molecule has 0 N–H and O–H groups in total. The van der Waals surface area contributed by atoms with Crippen LogP contribution < -0.4 is 4.74 Å². The van der Waals surface area contributed by atoms with E-state index in [2.05, 4.69) is 10.1 Å². The average Bonchev–Trinajstić information content (AvgIpc) is 3.02. The molecule has 1 aromatic carbocycles. The van der Waals surface area contributed by atoms with E-state index in [1.54, 1.807) is 6.92 Å². The zero-order valence-corrected chi connectivity index (χ0v) is 13.5. The quantitative estimate of drug-likeness (QED) is 0.868. The minimum absolute atomic E-state index is 0.00464. The highest BCUT2D eigenvalue weighted by atomic mass is 16.5. The van der Waals surface area contributed by atoms with E-state index in [4.69, 9.17) is 9.26 Å². The van der Waals surface area contributed by atoms with Crippen LogP contribution in [0.1, 0.15) is 47.8 Å². The Kier molecular flexibility index (Phi) is 4.60. The number of amides is 1. The maximum atomic E-state index is 12.9. The molecule has 1 aromatic heterocycles. The molecule has 3 rings (SSSR count). The lowest BCUT2D eigenvalue weighted by atomic mass is 9.97. The topological polar surface area (TPSA) is 68.5 Å². The van der Waals surface area contributed by atoms with Crippen molar-refractivity contribution >= 4 is 5.91 Å². The Bertz CT molecular complexity index is 683. The Labute approximate surface area is 135 Å². The molecule has 6 heteroatoms. The van der Waals surface area contributed by atoms with E-state index in [0.717, 1.165) is 19.4 Å². The monoisotopic (exact) mass is 315 g/mol. The minimum atomic E-state index is -0.00464. The number of hydrogen-bond acceptors (Lipinski definition) is 5. The van der Waals surface area contributed by atoms with Crippen molar-refractivity contribution in [3.63, 3.8) is 0 Å². The summed E-state index contributed by atoms with van der Waals surface area (Å²) in [5.74, 6) is 1.99. The van der Waals surface area contributed by atoms with Crippen molar-refractivity contribution in [2.75, 3.05) is 19.7 Å². The summed E-state index contributed by atoms with van der Waals surface area (Å²) in [6, 6.07) is 7.38. The van der Waals surface area contributed by atoms with Crippen molar-refractivity contribution in [3.05, 3.63) is 41.5 Å². The van der Waals surface area contributed by atoms with Crippen LogP contribution in [0, 0.1) is 6.92 Å². The third kappa shape index (κ3) is 3.36. The number of benzene rings is 1. The zero-order chi connectivity index (χ0) is 16.2. The third-order valence-corrected chi connectivity index (χ3v) is 4.02. The molecule has 1 aliphatic rings. The van der Waals surface area contributed by atoms with Crippen LogP contribution in [0.25, 0.3) is 0 Å². The summed E-state index contributed by atoms with van der Waals surface area (Å²) < 4.78 is 10.9. The number of aryl methyl sites for hydroxylation is 1. The molecule has 6 nitrogen and oxygen atoms in total. The second-order valence-electron chi connectivity index (χ2n) is 5.70. The lowest BCUT2D eigenvalue weighted by Crippen LogP contribution is -2.39. The van der Waals surface area contributed by atoms with Gasteiger partial charge in [-0.05, 0) is 38.8 Å². The predicted octanol–water partition coefficient (Wildman–Crippen LogP) is 2.80. The second kappa shape index (κ2) is 6.81. The number of rotatable bonds is 4. The van der Waals surface area contributed by atoms with Crippen LogP contribution in [0.3, 0.4) is 0 Å². The van der Waals surface area contributed by atoms with Crippen LogP contribution >= 0.6 is 0 Å². The van der Waals surface area contributed by atoms with E-state index in [1.807, 2.05) is 36.1 Å². The SMILES string of the molecule is CCOc1ccccc1C(=O)N1CCC[C@@H](c2nc(C)no2)C1. The highest BCUT2D eigenvalue weighted by Gasteiger charge is 2.29. The van der Waals surface area contributed by atoms with Crippen molar-refractivity contribution in [3.8, 4) is 5.75 Å². The Hall–Kier alpha value is -2.37. The van der Waals surface area contributed by atoms with E-state index in [0.29, 0.717) is 36.2 Å². The lowest BCUT2D eigenvalue weighted by molar-refractivity contribution is 0.0691. The van der Waals surface area contributed by atoms with Gasteiger partial charge in [-0.2, -0.15) is 4.98 Å². The van der Waals surface area contributed by atoms with Crippen LogP contribution in [0.2, 0.25) is 0 Å². The first-order chi connectivity index (χ1) is 11.2. The highest BCUT2D eigenvalue weighted by molar-refractivity contribution is 5.97. The van der Waals surface area contributed by atoms with Gasteiger partial charge in [0, 0.05) is 13.1 Å². The van der Waals surface area contributed by atoms with Gasteiger partial charge in [0.2, 0.25) is 5.89 Å². The molecule has 0 spiro atoms. The maximum Gasteiger partial charge on any atom is 0.257 e. The molecule has 23 heavy (non-hydrogen) atoms. The van der Waals surface area contributed by atoms with Gasteiger partial charge in [-0.15, -0.1) is 0 Å². The molecule has 0 saturated carbocycles. The number of aromatic nitrogens is 2. The van der Waals surface area contributed by atoms with Crippen molar-refractivity contribution in [1.82, 2.24) is 15.0 Å². The molecule has 1 aliphatic heterocycles. The van der Waals surface area contributed by atoms with Gasteiger partial charge in [0.25, 0.3) is 5.91 Å². The Morgan fingerprint density at radius 1 is 1.43 bits per heavy atom. The van der Waals surface area contributed by atoms with E-state index in [-0.39, 0.29) is 11.8 Å². The first kappa shape index (κ1) is 15.5. The zero-order valence-electron chi connectivity index (χ0n) is 13.5. The van der Waals surface area contributed by atoms with Gasteiger partial charge in [-0.3, -0.25) is 4.79 Å². The van der Waals surface area contributed by atoms with Gasteiger partial charge in [-0.1, -0.05) is 17.3 Å². The van der Waals surface area contributed by atoms with Crippen LogP contribution in [0.15, 0.2) is 28.8 Å². The fraction of sp³-hybridized carbons (Fsp3) is 0.471. The first-order valence-corrected chi connectivity index (χ1v) is 8.00. The number of carbonyl (C=O) groups is 1. The van der Waals surface area contributed by atoms with Gasteiger partial charge in [0.05, 0.1) is 18.1 Å². The fourth-order valence-corrected chi connectivity index (χ4v) is 2.94. The number of piperidine rings is 1. The van der Waals surface area contributed by atoms with Crippen molar-refractivity contribution in [2.45, 2.75) is 32.6 Å². The van der Waals surface area contributed by atoms with Gasteiger partial charge < -0.3 is 14.2 Å². The standard InChI is InChI=1S/C17H21N3O3/c1-3-22-15-9-5-4-8-14(15)17(21)20-10-6-7-13(11-20)16-18-12(2)19-23-16/h4-5,8-9,13H,3,6-7,10-11H2,1-2H3/t13-/m1/s1. The largest absolute Gasteiger partial charge is 0.493 e. The van der Waals surface area contributed by atoms with E-state index in [9.17, 15) is 4.79 Å². The molecule has 2 aromatic rings. The molecule has 1 saturated heterocycles. The van der Waals surface area contributed by atoms with E-state index >= 15 is 0 Å². The molecule has 1 atom stereocenters. The minimum Gasteiger partial charge on any atom is -0.493 e. The summed E-state index contributed by atoms with van der Waals surface area (Å²) in [6.45, 7) is 5.59. The van der Waals surface area contributed by atoms with Crippen LogP contribution in [-0.4, -0.2) is 40.6 Å². The number of likely N-dealkylation sites (tertiary alicyclic amines) is 1. The summed E-state index contributed by atoms with van der Waals surface area (Å²) in [6.07, 6.45) is 1.88. The molecule has 0 aliphatic carbocycles. The van der Waals surface area contributed by atoms with Gasteiger partial charge >= 0.3 is 0 Å². The number of ether oxygens (including phenoxy) is 1. The number of nitrogens with zero attached hydrogens (tertiary/aromatic N) is 3. The molecule has 122 valence electrons. The van der Waals surface area contributed by atoms with Crippen molar-refractivity contribution in [2.24, 2.45) is 0 Å². The second-order valence-corrected chi connectivity index (χ2v) is 5.70. The first-order valence-electron chi connectivity index (χ1n) is 8.00. The maximum absolute atomic E-state index is 12.9. The fourth-order valence-electron chi connectivity index (χ4n) is 2.94. The normalized spacial score (nSPS) is 18.0. The van der Waals surface area contributed by atoms with Crippen LogP contribution in [0.5, 0.6) is 5.75 Å². The van der Waals surface area contributed by atoms with Crippen molar-refractivity contribution < 1.29 is 14.1 Å². The summed E-state index contributed by atoms with van der Waals surface area (Å²) >= 11 is 0. The van der Waals surface area contributed by atoms with Gasteiger partial charge in [0.1, 0.15) is 5.75 Å². The summed E-state index contributed by atoms with van der Waals surface area (Å²) in [4.78, 5) is 19.0. The Morgan fingerprint density at radius 2 is 2.26 bits per heavy atom. The average molecular weight is 315 g/mol. The Balaban J connectivity index is 1.77. The molecule has 2 heterocycles. The predicted molar refractivity (Wildman–Crippen MR) is 84.5 cm³/mol. The third-order valence-electron chi connectivity index (χ3n) is 4.02. The number of hydrogen-bond donors (Lipinski definition) is 0. The van der Waals surface area contributed by atoms with Crippen LogP contribution in [0.4, 0.5) is 0 Å². The molecular formula is C17H21N3O3. The van der Waals surface area contributed by atoms with E-state index in [1.165, 1.54) is 0 Å². The molecule has 0 bridgehead atoms. The summed E-state index contributed by atoms with van der Waals surface area (Å²) in [5, 5.41) is 3.85. The molecular weight excluding hydrogens is 294 g/mol. The molecule has 0 unspecified atom stereocenters. The molecule has 1 amide bonds. The van der Waals surface area contributed by atoms with Crippen LogP contribution in [-0.2, 0) is 0 Å². The molecule has 0 radical (unpaired) electrons. The van der Waals surface area contributed by atoms with E-state index < -0.39 is 0 Å². The Morgan fingerprint density at radius 3 is 3.00 bits per heavy atom. The lowest BCUT2D eigenvalue weighted by Gasteiger charge is -2.31. The van der Waals surface area contributed by atoms with Gasteiger partial charge in [-0.25, -0.2) is 0 Å². The number of carbonyl (C=O) groups excluding carboxylic acids is 1. The van der Waals surface area contributed by atoms with Gasteiger partial charge in [0.15, 0.2) is 5.82 Å². The van der Waals surface area contributed by atoms with Crippen molar-refractivity contribution in [1.29, 1.82) is 0 Å². The number of para-hydroxylation sites is 1. The smallest absolute Gasteiger partial charge is 0.257 e.